The van der Waals surface area contributed by atoms with Crippen molar-refractivity contribution < 1.29 is 0 Å². The van der Waals surface area contributed by atoms with Gasteiger partial charge < -0.3 is 5.32 Å². The molecule has 1 N–H and O–H groups in total. The fraction of sp³-hybridized carbons (Fsp3) is 0.615. The van der Waals surface area contributed by atoms with Gasteiger partial charge in [-0.25, -0.2) is 0 Å². The molecule has 0 bridgehead atoms. The summed E-state index contributed by atoms with van der Waals surface area (Å²) in [5, 5.41) is 3.58. The molecule has 0 saturated carbocycles. The maximum absolute atomic E-state index is 4.01. The molecule has 2 nitrogen and oxygen atoms in total. The fourth-order valence-electron chi connectivity index (χ4n) is 1.55. The Morgan fingerprint density at radius 3 is 2.53 bits per heavy atom. The van der Waals surface area contributed by atoms with E-state index in [0.29, 0.717) is 0 Å². The second-order valence-electron chi connectivity index (χ2n) is 4.70. The number of hydrogen-bond donors (Lipinski definition) is 1. The van der Waals surface area contributed by atoms with Crippen molar-refractivity contribution in [2.75, 3.05) is 0 Å². The minimum Gasteiger partial charge on any atom is -0.308 e. The molecular weight excluding hydrogens is 184 g/mol. The van der Waals surface area contributed by atoms with Crippen LogP contribution in [0.15, 0.2) is 24.5 Å². The molecule has 0 saturated heterocycles. The smallest absolute Gasteiger partial charge is 0.0271 e. The normalized spacial score (nSPS) is 11.7. The molecule has 0 atom stereocenters. The highest BCUT2D eigenvalue weighted by Crippen LogP contribution is 2.13. The molecule has 1 heterocycles. The molecule has 84 valence electrons. The van der Waals surface area contributed by atoms with Crippen molar-refractivity contribution in [3.63, 3.8) is 0 Å². The summed E-state index contributed by atoms with van der Waals surface area (Å²) in [5.74, 6) is 0. The van der Waals surface area contributed by atoms with E-state index in [9.17, 15) is 0 Å². The van der Waals surface area contributed by atoms with Gasteiger partial charge in [0.05, 0.1) is 0 Å². The highest BCUT2D eigenvalue weighted by atomic mass is 14.9. The van der Waals surface area contributed by atoms with E-state index in [0.717, 1.165) is 6.54 Å². The number of nitrogens with one attached hydrogen (secondary N) is 1. The molecule has 0 fully saturated rings. The van der Waals surface area contributed by atoms with E-state index in [-0.39, 0.29) is 5.54 Å². The van der Waals surface area contributed by atoms with Crippen LogP contribution in [0.3, 0.4) is 0 Å². The van der Waals surface area contributed by atoms with Gasteiger partial charge in [0.1, 0.15) is 0 Å². The van der Waals surface area contributed by atoms with Gasteiger partial charge in [0.2, 0.25) is 0 Å². The van der Waals surface area contributed by atoms with Gasteiger partial charge in [-0.1, -0.05) is 19.8 Å². The van der Waals surface area contributed by atoms with Crippen molar-refractivity contribution in [1.29, 1.82) is 0 Å². The summed E-state index contributed by atoms with van der Waals surface area (Å²) in [4.78, 5) is 4.01. The third kappa shape index (κ3) is 4.93. The van der Waals surface area contributed by atoms with Crippen molar-refractivity contribution in [2.45, 2.75) is 52.1 Å². The molecule has 1 aromatic heterocycles. The molecule has 0 unspecified atom stereocenters. The van der Waals surface area contributed by atoms with E-state index >= 15 is 0 Å². The summed E-state index contributed by atoms with van der Waals surface area (Å²) in [7, 11) is 0. The zero-order valence-corrected chi connectivity index (χ0v) is 10.1. The molecule has 0 aliphatic heterocycles. The highest BCUT2D eigenvalue weighted by Gasteiger charge is 2.15. The first-order valence-electron chi connectivity index (χ1n) is 5.78. The minimum absolute atomic E-state index is 0.235. The Morgan fingerprint density at radius 2 is 1.93 bits per heavy atom. The van der Waals surface area contributed by atoms with Crippen molar-refractivity contribution in [3.8, 4) is 0 Å². The molecule has 0 aromatic carbocycles. The average Bonchev–Trinajstić information content (AvgIpc) is 2.25. The third-order valence-electron chi connectivity index (χ3n) is 2.68. The summed E-state index contributed by atoms with van der Waals surface area (Å²) >= 11 is 0. The van der Waals surface area contributed by atoms with Crippen molar-refractivity contribution in [2.24, 2.45) is 0 Å². The molecular formula is C13H22N2. The van der Waals surface area contributed by atoms with Gasteiger partial charge in [-0.15, -0.1) is 0 Å². The van der Waals surface area contributed by atoms with Crippen LogP contribution in [0.4, 0.5) is 0 Å². The van der Waals surface area contributed by atoms with Crippen molar-refractivity contribution in [3.05, 3.63) is 30.1 Å². The molecule has 1 rings (SSSR count). The van der Waals surface area contributed by atoms with Gasteiger partial charge in [-0.3, -0.25) is 4.98 Å². The molecule has 1 aromatic rings. The van der Waals surface area contributed by atoms with E-state index in [1.165, 1.54) is 24.8 Å². The summed E-state index contributed by atoms with van der Waals surface area (Å²) in [6, 6.07) is 4.12. The molecule has 0 radical (unpaired) electrons. The summed E-state index contributed by atoms with van der Waals surface area (Å²) in [6.07, 6.45) is 7.47. The van der Waals surface area contributed by atoms with Crippen molar-refractivity contribution in [1.82, 2.24) is 10.3 Å². The largest absolute Gasteiger partial charge is 0.308 e. The van der Waals surface area contributed by atoms with Gasteiger partial charge in [-0.2, -0.15) is 0 Å². The summed E-state index contributed by atoms with van der Waals surface area (Å²) in [5.41, 5.74) is 1.54. The lowest BCUT2D eigenvalue weighted by Crippen LogP contribution is -2.38. The van der Waals surface area contributed by atoms with Gasteiger partial charge >= 0.3 is 0 Å². The molecule has 0 aliphatic carbocycles. The average molecular weight is 206 g/mol. The molecule has 15 heavy (non-hydrogen) atoms. The molecule has 0 aliphatic rings. The quantitative estimate of drug-likeness (QED) is 0.773. The van der Waals surface area contributed by atoms with E-state index in [4.69, 9.17) is 0 Å². The van der Waals surface area contributed by atoms with E-state index in [1.807, 2.05) is 12.4 Å². The van der Waals surface area contributed by atoms with Gasteiger partial charge in [0, 0.05) is 24.5 Å². The topological polar surface area (TPSA) is 24.9 Å². The van der Waals surface area contributed by atoms with E-state index in [1.54, 1.807) is 0 Å². The second kappa shape index (κ2) is 5.86. The van der Waals surface area contributed by atoms with Gasteiger partial charge in [0.15, 0.2) is 0 Å². The van der Waals surface area contributed by atoms with Crippen LogP contribution in [-0.4, -0.2) is 10.5 Å². The Hall–Kier alpha value is -0.890. The first-order valence-corrected chi connectivity index (χ1v) is 5.78. The standard InChI is InChI=1S/C13H22N2/c1-4-5-8-13(2,3)15-11-12-6-9-14-10-7-12/h6-7,9-10,15H,4-5,8,11H2,1-3H3. The lowest BCUT2D eigenvalue weighted by molar-refractivity contribution is 0.350. The molecule has 2 heteroatoms. The SMILES string of the molecule is CCCCC(C)(C)NCc1ccncc1. The Bertz CT molecular complexity index is 267. The Kier molecular flexibility index (Phi) is 4.76. The van der Waals surface area contributed by atoms with E-state index in [2.05, 4.69) is 43.2 Å². The van der Waals surface area contributed by atoms with Crippen LogP contribution in [0.25, 0.3) is 0 Å². The predicted molar refractivity (Wildman–Crippen MR) is 64.7 cm³/mol. The maximum atomic E-state index is 4.01. The van der Waals surface area contributed by atoms with Crippen LogP contribution in [-0.2, 0) is 6.54 Å². The summed E-state index contributed by atoms with van der Waals surface area (Å²) < 4.78 is 0. The second-order valence-corrected chi connectivity index (χ2v) is 4.70. The number of pyridine rings is 1. The number of aromatic nitrogens is 1. The van der Waals surface area contributed by atoms with Crippen LogP contribution in [0.5, 0.6) is 0 Å². The van der Waals surface area contributed by atoms with Crippen molar-refractivity contribution >= 4 is 0 Å². The predicted octanol–water partition coefficient (Wildman–Crippen LogP) is 3.14. The Balaban J connectivity index is 2.35. The van der Waals surface area contributed by atoms with Crippen LogP contribution >= 0.6 is 0 Å². The lowest BCUT2D eigenvalue weighted by atomic mass is 9.97. The lowest BCUT2D eigenvalue weighted by Gasteiger charge is -2.26. The zero-order valence-electron chi connectivity index (χ0n) is 10.1. The minimum atomic E-state index is 0.235. The molecule has 0 amide bonds. The number of rotatable bonds is 6. The monoisotopic (exact) mass is 206 g/mol. The fourth-order valence-corrected chi connectivity index (χ4v) is 1.55. The maximum Gasteiger partial charge on any atom is 0.0271 e. The molecule has 0 spiro atoms. The zero-order chi connectivity index (χ0) is 11.1. The van der Waals surface area contributed by atoms with Crippen LogP contribution in [0.1, 0.15) is 45.6 Å². The number of nitrogens with zero attached hydrogens (tertiary/aromatic N) is 1. The van der Waals surface area contributed by atoms with Crippen LogP contribution in [0, 0.1) is 0 Å². The first kappa shape index (κ1) is 12.2. The van der Waals surface area contributed by atoms with Crippen LogP contribution < -0.4 is 5.32 Å². The first-order chi connectivity index (χ1) is 7.14. The van der Waals surface area contributed by atoms with Gasteiger partial charge in [0.25, 0.3) is 0 Å². The number of unbranched alkanes of at least 4 members (excludes halogenated alkanes) is 1. The Labute approximate surface area is 93.1 Å². The van der Waals surface area contributed by atoms with Gasteiger partial charge in [-0.05, 0) is 38.0 Å². The van der Waals surface area contributed by atoms with E-state index < -0.39 is 0 Å². The summed E-state index contributed by atoms with van der Waals surface area (Å²) in [6.45, 7) is 7.70. The Morgan fingerprint density at radius 1 is 1.27 bits per heavy atom. The number of hydrogen-bond acceptors (Lipinski definition) is 2. The third-order valence-corrected chi connectivity index (χ3v) is 2.68. The van der Waals surface area contributed by atoms with Crippen LogP contribution in [0.2, 0.25) is 0 Å². The highest BCUT2D eigenvalue weighted by molar-refractivity contribution is 5.09.